The predicted molar refractivity (Wildman–Crippen MR) is 84.3 cm³/mol. The molecule has 0 atom stereocenters. The van der Waals surface area contributed by atoms with E-state index in [2.05, 4.69) is 36.8 Å². The highest BCUT2D eigenvalue weighted by Gasteiger charge is 2.11. The Hall–Kier alpha value is -1.13. The van der Waals surface area contributed by atoms with Gasteiger partial charge in [0.25, 0.3) is 0 Å². The SMILES string of the molecule is Cc1ccc2nc(-c3cc(Br)c(C)c(Br)c3)oc2c1. The van der Waals surface area contributed by atoms with Crippen molar-refractivity contribution < 1.29 is 4.42 Å². The molecule has 0 saturated heterocycles. The minimum Gasteiger partial charge on any atom is -0.436 e. The van der Waals surface area contributed by atoms with E-state index in [9.17, 15) is 0 Å². The van der Waals surface area contributed by atoms with Crippen LogP contribution in [-0.2, 0) is 0 Å². The Bertz CT molecular complexity index is 754. The lowest BCUT2D eigenvalue weighted by Crippen LogP contribution is -1.83. The van der Waals surface area contributed by atoms with Crippen molar-refractivity contribution >= 4 is 43.0 Å². The quantitative estimate of drug-likeness (QED) is 0.546. The summed E-state index contributed by atoms with van der Waals surface area (Å²) >= 11 is 7.10. The Morgan fingerprint density at radius 3 is 2.37 bits per heavy atom. The fourth-order valence-electron chi connectivity index (χ4n) is 1.92. The van der Waals surface area contributed by atoms with Crippen LogP contribution in [-0.4, -0.2) is 4.98 Å². The second-order valence-corrected chi connectivity index (χ2v) is 6.26. The van der Waals surface area contributed by atoms with Gasteiger partial charge in [0.15, 0.2) is 5.58 Å². The van der Waals surface area contributed by atoms with E-state index in [1.54, 1.807) is 0 Å². The number of hydrogen-bond acceptors (Lipinski definition) is 2. The van der Waals surface area contributed by atoms with Crippen molar-refractivity contribution in [2.24, 2.45) is 0 Å². The molecule has 3 rings (SSSR count). The van der Waals surface area contributed by atoms with E-state index in [-0.39, 0.29) is 0 Å². The average molecular weight is 381 g/mol. The van der Waals surface area contributed by atoms with Gasteiger partial charge in [0.1, 0.15) is 5.52 Å². The normalized spacial score (nSPS) is 11.2. The van der Waals surface area contributed by atoms with Crippen molar-refractivity contribution in [1.82, 2.24) is 4.98 Å². The van der Waals surface area contributed by atoms with Crippen LogP contribution in [0.3, 0.4) is 0 Å². The minimum atomic E-state index is 0.641. The molecule has 4 heteroatoms. The number of fused-ring (bicyclic) bond motifs is 1. The van der Waals surface area contributed by atoms with Gasteiger partial charge in [-0.25, -0.2) is 4.98 Å². The van der Waals surface area contributed by atoms with E-state index in [1.807, 2.05) is 44.2 Å². The van der Waals surface area contributed by atoms with Gasteiger partial charge in [-0.1, -0.05) is 37.9 Å². The van der Waals surface area contributed by atoms with Crippen molar-refractivity contribution in [2.75, 3.05) is 0 Å². The smallest absolute Gasteiger partial charge is 0.227 e. The van der Waals surface area contributed by atoms with Crippen LogP contribution in [0, 0.1) is 13.8 Å². The molecule has 96 valence electrons. The zero-order chi connectivity index (χ0) is 13.6. The molecule has 0 bridgehead atoms. The lowest BCUT2D eigenvalue weighted by molar-refractivity contribution is 0.619. The van der Waals surface area contributed by atoms with E-state index in [4.69, 9.17) is 4.42 Å². The van der Waals surface area contributed by atoms with Crippen LogP contribution in [0.1, 0.15) is 11.1 Å². The topological polar surface area (TPSA) is 26.0 Å². The van der Waals surface area contributed by atoms with Gasteiger partial charge in [-0.15, -0.1) is 0 Å². The maximum atomic E-state index is 5.83. The molecule has 0 N–H and O–H groups in total. The van der Waals surface area contributed by atoms with E-state index >= 15 is 0 Å². The van der Waals surface area contributed by atoms with E-state index in [0.29, 0.717) is 5.89 Å². The van der Waals surface area contributed by atoms with E-state index < -0.39 is 0 Å². The molecule has 0 fully saturated rings. The molecule has 3 aromatic rings. The number of nitrogens with zero attached hydrogens (tertiary/aromatic N) is 1. The molecular formula is C15H11Br2NO. The molecule has 0 radical (unpaired) electrons. The Labute approximate surface area is 128 Å². The second kappa shape index (κ2) is 4.76. The fraction of sp³-hybridized carbons (Fsp3) is 0.133. The Morgan fingerprint density at radius 1 is 1.00 bits per heavy atom. The monoisotopic (exact) mass is 379 g/mol. The van der Waals surface area contributed by atoms with Gasteiger partial charge < -0.3 is 4.42 Å². The largest absolute Gasteiger partial charge is 0.436 e. The number of aromatic nitrogens is 1. The molecule has 19 heavy (non-hydrogen) atoms. The first-order valence-corrected chi connectivity index (χ1v) is 7.46. The fourth-order valence-corrected chi connectivity index (χ4v) is 3.11. The molecular weight excluding hydrogens is 370 g/mol. The maximum absolute atomic E-state index is 5.83. The predicted octanol–water partition coefficient (Wildman–Crippen LogP) is 5.64. The standard InChI is InChI=1S/C15H11Br2NO/c1-8-3-4-13-14(5-8)19-15(18-13)10-6-11(16)9(2)12(17)7-10/h3-7H,1-2H3. The lowest BCUT2D eigenvalue weighted by Gasteiger charge is -2.03. The van der Waals surface area contributed by atoms with Gasteiger partial charge in [0, 0.05) is 14.5 Å². The second-order valence-electron chi connectivity index (χ2n) is 4.56. The average Bonchev–Trinajstić information content (AvgIpc) is 2.78. The van der Waals surface area contributed by atoms with Crippen LogP contribution in [0.4, 0.5) is 0 Å². The summed E-state index contributed by atoms with van der Waals surface area (Å²) in [6.07, 6.45) is 0. The van der Waals surface area contributed by atoms with E-state index in [1.165, 1.54) is 5.56 Å². The number of halogens is 2. The third kappa shape index (κ3) is 2.35. The van der Waals surface area contributed by atoms with Crippen molar-refractivity contribution in [3.63, 3.8) is 0 Å². The van der Waals surface area contributed by atoms with Gasteiger partial charge >= 0.3 is 0 Å². The summed E-state index contributed by atoms with van der Waals surface area (Å²) in [5, 5.41) is 0. The third-order valence-electron chi connectivity index (χ3n) is 3.07. The first-order valence-electron chi connectivity index (χ1n) is 5.88. The van der Waals surface area contributed by atoms with Crippen LogP contribution in [0.25, 0.3) is 22.6 Å². The first-order chi connectivity index (χ1) is 9.04. The van der Waals surface area contributed by atoms with Crippen LogP contribution in [0.2, 0.25) is 0 Å². The van der Waals surface area contributed by atoms with Crippen molar-refractivity contribution in [1.29, 1.82) is 0 Å². The molecule has 2 aromatic carbocycles. The molecule has 0 aliphatic carbocycles. The zero-order valence-electron chi connectivity index (χ0n) is 10.5. The van der Waals surface area contributed by atoms with Gasteiger partial charge in [0.2, 0.25) is 5.89 Å². The Kier molecular flexibility index (Phi) is 3.23. The van der Waals surface area contributed by atoms with Crippen LogP contribution in [0.5, 0.6) is 0 Å². The van der Waals surface area contributed by atoms with Crippen LogP contribution < -0.4 is 0 Å². The van der Waals surface area contributed by atoms with Gasteiger partial charge in [-0.2, -0.15) is 0 Å². The number of oxazole rings is 1. The van der Waals surface area contributed by atoms with Gasteiger partial charge in [-0.3, -0.25) is 0 Å². The number of aryl methyl sites for hydroxylation is 1. The molecule has 0 saturated carbocycles. The van der Waals surface area contributed by atoms with Crippen molar-refractivity contribution in [3.8, 4) is 11.5 Å². The molecule has 0 aliphatic heterocycles. The molecule has 0 unspecified atom stereocenters. The highest BCUT2D eigenvalue weighted by atomic mass is 79.9. The van der Waals surface area contributed by atoms with Crippen molar-refractivity contribution in [2.45, 2.75) is 13.8 Å². The highest BCUT2D eigenvalue weighted by molar-refractivity contribution is 9.11. The number of rotatable bonds is 1. The summed E-state index contributed by atoms with van der Waals surface area (Å²) in [5.41, 5.74) is 4.99. The Balaban J connectivity index is 2.19. The molecule has 2 nitrogen and oxygen atoms in total. The molecule has 1 heterocycles. The minimum absolute atomic E-state index is 0.641. The molecule has 0 amide bonds. The summed E-state index contributed by atoms with van der Waals surface area (Å²) in [6.45, 7) is 4.09. The molecule has 1 aromatic heterocycles. The van der Waals surface area contributed by atoms with Crippen LogP contribution >= 0.6 is 31.9 Å². The van der Waals surface area contributed by atoms with Gasteiger partial charge in [0.05, 0.1) is 0 Å². The summed E-state index contributed by atoms with van der Waals surface area (Å²) < 4.78 is 7.91. The summed E-state index contributed by atoms with van der Waals surface area (Å²) in [5.74, 6) is 0.641. The van der Waals surface area contributed by atoms with E-state index in [0.717, 1.165) is 31.2 Å². The van der Waals surface area contributed by atoms with Crippen molar-refractivity contribution in [3.05, 3.63) is 50.4 Å². The Morgan fingerprint density at radius 2 is 1.68 bits per heavy atom. The third-order valence-corrected chi connectivity index (χ3v) is 4.72. The van der Waals surface area contributed by atoms with Crippen LogP contribution in [0.15, 0.2) is 43.7 Å². The highest BCUT2D eigenvalue weighted by Crippen LogP contribution is 2.32. The van der Waals surface area contributed by atoms with Gasteiger partial charge in [-0.05, 0) is 49.2 Å². The zero-order valence-corrected chi connectivity index (χ0v) is 13.7. The summed E-state index contributed by atoms with van der Waals surface area (Å²) in [4.78, 5) is 4.53. The summed E-state index contributed by atoms with van der Waals surface area (Å²) in [6, 6.07) is 10.1. The molecule has 0 aliphatic rings. The summed E-state index contributed by atoms with van der Waals surface area (Å²) in [7, 11) is 0. The first kappa shape index (κ1) is 12.9. The molecule has 0 spiro atoms. The maximum Gasteiger partial charge on any atom is 0.227 e. The lowest BCUT2D eigenvalue weighted by atomic mass is 10.1. The number of hydrogen-bond donors (Lipinski definition) is 0. The number of benzene rings is 2.